The SMILES string of the molecule is CCC(C)N(C(=O)COc1ccccc1)C1CC(=O)N(c2ccc(Br)cc2)C1=O. The van der Waals surface area contributed by atoms with Crippen LogP contribution in [-0.2, 0) is 14.4 Å². The van der Waals surface area contributed by atoms with Gasteiger partial charge in [0.05, 0.1) is 12.1 Å². The molecule has 0 bridgehead atoms. The van der Waals surface area contributed by atoms with Crippen LogP contribution in [-0.4, -0.2) is 41.3 Å². The highest BCUT2D eigenvalue weighted by molar-refractivity contribution is 9.10. The molecule has 0 aliphatic carbocycles. The second-order valence-electron chi connectivity index (χ2n) is 6.92. The summed E-state index contributed by atoms with van der Waals surface area (Å²) < 4.78 is 6.44. The lowest BCUT2D eigenvalue weighted by molar-refractivity contribution is -0.142. The van der Waals surface area contributed by atoms with Crippen molar-refractivity contribution in [2.75, 3.05) is 11.5 Å². The third kappa shape index (κ3) is 4.67. The monoisotopic (exact) mass is 458 g/mol. The van der Waals surface area contributed by atoms with Crippen LogP contribution in [0.5, 0.6) is 5.75 Å². The summed E-state index contributed by atoms with van der Waals surface area (Å²) in [5, 5.41) is 0. The van der Waals surface area contributed by atoms with Crippen LogP contribution in [0.3, 0.4) is 0 Å². The molecule has 2 aromatic carbocycles. The number of amides is 3. The van der Waals surface area contributed by atoms with E-state index in [0.717, 1.165) is 9.37 Å². The van der Waals surface area contributed by atoms with E-state index in [0.29, 0.717) is 17.9 Å². The predicted octanol–water partition coefficient (Wildman–Crippen LogP) is 3.79. The van der Waals surface area contributed by atoms with Crippen molar-refractivity contribution in [2.24, 2.45) is 0 Å². The van der Waals surface area contributed by atoms with Gasteiger partial charge in [-0.1, -0.05) is 41.1 Å². The van der Waals surface area contributed by atoms with Gasteiger partial charge in [0, 0.05) is 10.5 Å². The first kappa shape index (κ1) is 21.0. The van der Waals surface area contributed by atoms with Crippen LogP contribution in [0, 0.1) is 0 Å². The second kappa shape index (κ2) is 9.22. The fourth-order valence-corrected chi connectivity index (χ4v) is 3.62. The van der Waals surface area contributed by atoms with Crippen molar-refractivity contribution in [2.45, 2.75) is 38.8 Å². The molecule has 1 aliphatic heterocycles. The van der Waals surface area contributed by atoms with Crippen LogP contribution in [0.4, 0.5) is 5.69 Å². The minimum Gasteiger partial charge on any atom is -0.484 e. The fourth-order valence-electron chi connectivity index (χ4n) is 3.35. The molecule has 2 unspecified atom stereocenters. The van der Waals surface area contributed by atoms with Gasteiger partial charge in [-0.2, -0.15) is 0 Å². The molecule has 3 amide bonds. The summed E-state index contributed by atoms with van der Waals surface area (Å²) in [7, 11) is 0. The first-order valence-electron chi connectivity index (χ1n) is 9.53. The number of para-hydroxylation sites is 1. The van der Waals surface area contributed by atoms with Crippen molar-refractivity contribution in [1.82, 2.24) is 4.90 Å². The average Bonchev–Trinajstić information content (AvgIpc) is 3.01. The Morgan fingerprint density at radius 1 is 1.17 bits per heavy atom. The van der Waals surface area contributed by atoms with Gasteiger partial charge in [0.1, 0.15) is 11.8 Å². The number of anilines is 1. The lowest BCUT2D eigenvalue weighted by atomic mass is 10.1. The van der Waals surface area contributed by atoms with Crippen LogP contribution >= 0.6 is 15.9 Å². The largest absolute Gasteiger partial charge is 0.484 e. The Hall–Kier alpha value is -2.67. The Bertz CT molecular complexity index is 885. The van der Waals surface area contributed by atoms with Crippen molar-refractivity contribution < 1.29 is 19.1 Å². The third-order valence-corrected chi connectivity index (χ3v) is 5.53. The van der Waals surface area contributed by atoms with Crippen molar-refractivity contribution in [3.05, 3.63) is 59.1 Å². The minimum atomic E-state index is -0.826. The van der Waals surface area contributed by atoms with E-state index in [1.54, 1.807) is 36.4 Å². The van der Waals surface area contributed by atoms with Crippen molar-refractivity contribution in [3.8, 4) is 5.75 Å². The molecule has 0 saturated carbocycles. The van der Waals surface area contributed by atoms with Gasteiger partial charge >= 0.3 is 0 Å². The normalized spacial score (nSPS) is 17.3. The molecule has 0 N–H and O–H groups in total. The van der Waals surface area contributed by atoms with E-state index in [-0.39, 0.29) is 36.8 Å². The van der Waals surface area contributed by atoms with Crippen LogP contribution in [0.1, 0.15) is 26.7 Å². The van der Waals surface area contributed by atoms with E-state index >= 15 is 0 Å². The summed E-state index contributed by atoms with van der Waals surface area (Å²) in [6.07, 6.45) is 0.629. The van der Waals surface area contributed by atoms with Crippen LogP contribution in [0.25, 0.3) is 0 Å². The van der Waals surface area contributed by atoms with Gasteiger partial charge in [-0.15, -0.1) is 0 Å². The summed E-state index contributed by atoms with van der Waals surface area (Å²) in [4.78, 5) is 41.3. The molecule has 1 saturated heterocycles. The fraction of sp³-hybridized carbons (Fsp3) is 0.318. The molecular weight excluding hydrogens is 436 g/mol. The molecule has 2 atom stereocenters. The maximum absolute atomic E-state index is 13.1. The Labute approximate surface area is 178 Å². The Balaban J connectivity index is 1.79. The number of hydrogen-bond acceptors (Lipinski definition) is 4. The van der Waals surface area contributed by atoms with Gasteiger partial charge in [-0.05, 0) is 49.7 Å². The zero-order valence-corrected chi connectivity index (χ0v) is 18.0. The maximum atomic E-state index is 13.1. The summed E-state index contributed by atoms with van der Waals surface area (Å²) in [5.41, 5.74) is 0.503. The Kier molecular flexibility index (Phi) is 6.69. The number of carbonyl (C=O) groups is 3. The Morgan fingerprint density at radius 3 is 2.45 bits per heavy atom. The van der Waals surface area contributed by atoms with E-state index in [1.807, 2.05) is 32.0 Å². The van der Waals surface area contributed by atoms with Gasteiger partial charge < -0.3 is 9.64 Å². The number of rotatable bonds is 7. The van der Waals surface area contributed by atoms with Gasteiger partial charge in [-0.3, -0.25) is 14.4 Å². The summed E-state index contributed by atoms with van der Waals surface area (Å²) in [5.74, 6) is -0.430. The lowest BCUT2D eigenvalue weighted by Crippen LogP contribution is -2.51. The molecule has 152 valence electrons. The molecule has 1 fully saturated rings. The minimum absolute atomic E-state index is 0.0314. The van der Waals surface area contributed by atoms with Crippen molar-refractivity contribution in [3.63, 3.8) is 0 Å². The maximum Gasteiger partial charge on any atom is 0.261 e. The van der Waals surface area contributed by atoms with Crippen LogP contribution < -0.4 is 9.64 Å². The van der Waals surface area contributed by atoms with Crippen molar-refractivity contribution >= 4 is 39.3 Å². The molecule has 0 aromatic heterocycles. The molecular formula is C22H23BrN2O4. The molecule has 29 heavy (non-hydrogen) atoms. The van der Waals surface area contributed by atoms with Gasteiger partial charge in [0.15, 0.2) is 6.61 Å². The highest BCUT2D eigenvalue weighted by atomic mass is 79.9. The van der Waals surface area contributed by atoms with E-state index in [4.69, 9.17) is 4.74 Å². The van der Waals surface area contributed by atoms with E-state index in [1.165, 1.54) is 4.90 Å². The molecule has 0 spiro atoms. The molecule has 7 heteroatoms. The molecule has 6 nitrogen and oxygen atoms in total. The van der Waals surface area contributed by atoms with Gasteiger partial charge in [0.25, 0.3) is 11.8 Å². The van der Waals surface area contributed by atoms with E-state index < -0.39 is 6.04 Å². The van der Waals surface area contributed by atoms with Crippen LogP contribution in [0.2, 0.25) is 0 Å². The van der Waals surface area contributed by atoms with Gasteiger partial charge in [-0.25, -0.2) is 4.90 Å². The molecule has 1 aliphatic rings. The number of ether oxygens (including phenoxy) is 1. The van der Waals surface area contributed by atoms with E-state index in [9.17, 15) is 14.4 Å². The standard InChI is InChI=1S/C22H23BrN2O4/c1-3-15(2)24(21(27)14-29-18-7-5-4-6-8-18)19-13-20(26)25(22(19)28)17-11-9-16(23)10-12-17/h4-12,15,19H,3,13-14H2,1-2H3. The quantitative estimate of drug-likeness (QED) is 0.591. The number of imide groups is 1. The first-order valence-corrected chi connectivity index (χ1v) is 10.3. The first-order chi connectivity index (χ1) is 13.9. The predicted molar refractivity (Wildman–Crippen MR) is 114 cm³/mol. The lowest BCUT2D eigenvalue weighted by Gasteiger charge is -2.32. The van der Waals surface area contributed by atoms with Crippen molar-refractivity contribution in [1.29, 1.82) is 0 Å². The zero-order valence-electron chi connectivity index (χ0n) is 16.4. The number of carbonyl (C=O) groups excluding carboxylic acids is 3. The topological polar surface area (TPSA) is 66.9 Å². The molecule has 2 aromatic rings. The third-order valence-electron chi connectivity index (χ3n) is 5.00. The summed E-state index contributed by atoms with van der Waals surface area (Å²) in [6, 6.07) is 15.0. The highest BCUT2D eigenvalue weighted by Crippen LogP contribution is 2.28. The molecule has 0 radical (unpaired) electrons. The smallest absolute Gasteiger partial charge is 0.261 e. The number of halogens is 1. The summed E-state index contributed by atoms with van der Waals surface area (Å²) in [6.45, 7) is 3.63. The second-order valence-corrected chi connectivity index (χ2v) is 7.84. The van der Waals surface area contributed by atoms with Gasteiger partial charge in [0.2, 0.25) is 5.91 Å². The molecule has 1 heterocycles. The zero-order chi connectivity index (χ0) is 21.0. The number of hydrogen-bond donors (Lipinski definition) is 0. The van der Waals surface area contributed by atoms with E-state index in [2.05, 4.69) is 15.9 Å². The van der Waals surface area contributed by atoms with Crippen LogP contribution in [0.15, 0.2) is 59.1 Å². The Morgan fingerprint density at radius 2 is 1.83 bits per heavy atom. The average molecular weight is 459 g/mol. The number of benzene rings is 2. The summed E-state index contributed by atoms with van der Waals surface area (Å²) >= 11 is 3.35. The molecule has 3 rings (SSSR count). The highest BCUT2D eigenvalue weighted by Gasteiger charge is 2.45. The number of nitrogens with zero attached hydrogens (tertiary/aromatic N) is 2.